The van der Waals surface area contributed by atoms with E-state index in [-0.39, 0.29) is 31.0 Å². The van der Waals surface area contributed by atoms with Gasteiger partial charge in [-0.2, -0.15) is 0 Å². The molecule has 0 aromatic carbocycles. The molecule has 0 radical (unpaired) electrons. The summed E-state index contributed by atoms with van der Waals surface area (Å²) in [7, 11) is 0. The topological polar surface area (TPSA) is 113 Å². The molecule has 202 valence electrons. The predicted octanol–water partition coefficient (Wildman–Crippen LogP) is 3.75. The molecule has 0 aromatic heterocycles. The second kappa shape index (κ2) is 9.17. The van der Waals surface area contributed by atoms with Gasteiger partial charge in [-0.05, 0) is 57.1 Å². The van der Waals surface area contributed by atoms with E-state index in [9.17, 15) is 24.0 Å². The van der Waals surface area contributed by atoms with Gasteiger partial charge in [-0.25, -0.2) is 4.39 Å². The SMILES string of the molecule is CCC(=O)O[C@]1(C(=O)COC(C)=O)CC[C@H]2[C@@H]3CCC4=CC(=O)C=C[C@]4(C)[C@@]3(F)[C@@H](OC(C)=O)C[C@@]21C. The van der Waals surface area contributed by atoms with Crippen molar-refractivity contribution in [2.75, 3.05) is 6.61 Å². The molecule has 0 aliphatic heterocycles. The summed E-state index contributed by atoms with van der Waals surface area (Å²) < 4.78 is 34.4. The average molecular weight is 519 g/mol. The maximum atomic E-state index is 17.8. The highest BCUT2D eigenvalue weighted by Gasteiger charge is 2.76. The van der Waals surface area contributed by atoms with Crippen molar-refractivity contribution in [1.82, 2.24) is 0 Å². The summed E-state index contributed by atoms with van der Waals surface area (Å²) in [6.07, 6.45) is 4.52. The largest absolute Gasteiger partial charge is 0.459 e. The van der Waals surface area contributed by atoms with Crippen molar-refractivity contribution in [3.63, 3.8) is 0 Å². The monoisotopic (exact) mass is 518 g/mol. The smallest absolute Gasteiger partial charge is 0.306 e. The predicted molar refractivity (Wildman–Crippen MR) is 129 cm³/mol. The van der Waals surface area contributed by atoms with Crippen LogP contribution in [0.15, 0.2) is 23.8 Å². The number of ketones is 2. The Bertz CT molecular complexity index is 1110. The molecule has 0 aromatic rings. The van der Waals surface area contributed by atoms with Crippen LogP contribution in [0.25, 0.3) is 0 Å². The number of ether oxygens (including phenoxy) is 3. The third-order valence-electron chi connectivity index (χ3n) is 9.48. The Morgan fingerprint density at radius 2 is 1.78 bits per heavy atom. The first kappa shape index (κ1) is 27.2. The Hall–Kier alpha value is -2.84. The van der Waals surface area contributed by atoms with Gasteiger partial charge >= 0.3 is 17.9 Å². The molecule has 7 atom stereocenters. The second-order valence-corrected chi connectivity index (χ2v) is 11.2. The van der Waals surface area contributed by atoms with Gasteiger partial charge in [0.2, 0.25) is 5.78 Å². The summed E-state index contributed by atoms with van der Waals surface area (Å²) in [5.74, 6) is -3.70. The van der Waals surface area contributed by atoms with Gasteiger partial charge < -0.3 is 14.2 Å². The van der Waals surface area contributed by atoms with E-state index in [0.29, 0.717) is 24.8 Å². The van der Waals surface area contributed by atoms with Crippen LogP contribution < -0.4 is 0 Å². The van der Waals surface area contributed by atoms with Gasteiger partial charge in [0.25, 0.3) is 0 Å². The van der Waals surface area contributed by atoms with Gasteiger partial charge in [0.05, 0.1) is 0 Å². The molecule has 0 heterocycles. The molecule has 0 unspecified atom stereocenters. The molecule has 4 aliphatic carbocycles. The summed E-state index contributed by atoms with van der Waals surface area (Å²) in [6, 6.07) is 0. The third kappa shape index (κ3) is 3.87. The molecule has 9 heteroatoms. The Kier molecular flexibility index (Phi) is 6.74. The molecule has 37 heavy (non-hydrogen) atoms. The van der Waals surface area contributed by atoms with E-state index in [1.54, 1.807) is 26.8 Å². The molecular weight excluding hydrogens is 483 g/mol. The Morgan fingerprint density at radius 1 is 1.08 bits per heavy atom. The second-order valence-electron chi connectivity index (χ2n) is 11.2. The van der Waals surface area contributed by atoms with Crippen LogP contribution >= 0.6 is 0 Å². The molecule has 4 aliphatic rings. The first-order chi connectivity index (χ1) is 17.2. The van der Waals surface area contributed by atoms with Gasteiger partial charge in [-0.15, -0.1) is 0 Å². The molecule has 3 fully saturated rings. The maximum absolute atomic E-state index is 17.8. The van der Waals surface area contributed by atoms with Crippen LogP contribution in [0.3, 0.4) is 0 Å². The molecule has 0 saturated heterocycles. The molecule has 4 rings (SSSR count). The van der Waals surface area contributed by atoms with Gasteiger partial charge in [-0.1, -0.05) is 25.5 Å². The van der Waals surface area contributed by atoms with Crippen LogP contribution in [0.1, 0.15) is 73.1 Å². The highest BCUT2D eigenvalue weighted by atomic mass is 19.1. The van der Waals surface area contributed by atoms with E-state index in [2.05, 4.69) is 0 Å². The number of hydrogen-bond acceptors (Lipinski definition) is 8. The highest BCUT2D eigenvalue weighted by molar-refractivity contribution is 6.01. The molecule has 0 bridgehead atoms. The van der Waals surface area contributed by atoms with E-state index in [0.717, 1.165) is 0 Å². The number of alkyl halides is 1. The van der Waals surface area contributed by atoms with Crippen LogP contribution in [0, 0.1) is 22.7 Å². The fourth-order valence-corrected chi connectivity index (χ4v) is 7.72. The van der Waals surface area contributed by atoms with E-state index in [4.69, 9.17) is 14.2 Å². The Balaban J connectivity index is 1.85. The lowest BCUT2D eigenvalue weighted by Crippen LogP contribution is -2.70. The first-order valence-electron chi connectivity index (χ1n) is 12.9. The minimum Gasteiger partial charge on any atom is -0.459 e. The number of fused-ring (bicyclic) bond motifs is 5. The van der Waals surface area contributed by atoms with Crippen molar-refractivity contribution < 1.29 is 42.6 Å². The minimum absolute atomic E-state index is 0.0260. The summed E-state index contributed by atoms with van der Waals surface area (Å²) in [6.45, 7) is 6.96. The lowest BCUT2D eigenvalue weighted by molar-refractivity contribution is -0.233. The van der Waals surface area contributed by atoms with Crippen molar-refractivity contribution in [3.8, 4) is 0 Å². The number of Topliss-reactive ketones (excluding diaryl/α,β-unsaturated/α-hetero) is 1. The van der Waals surface area contributed by atoms with Crippen LogP contribution in [0.2, 0.25) is 0 Å². The van der Waals surface area contributed by atoms with Crippen LogP contribution in [0.4, 0.5) is 4.39 Å². The number of hydrogen-bond donors (Lipinski definition) is 0. The number of halogens is 1. The van der Waals surface area contributed by atoms with E-state index < -0.39 is 64.4 Å². The minimum atomic E-state index is -2.05. The summed E-state index contributed by atoms with van der Waals surface area (Å²) in [4.78, 5) is 62.1. The zero-order valence-electron chi connectivity index (χ0n) is 22.1. The summed E-state index contributed by atoms with van der Waals surface area (Å²) >= 11 is 0. The van der Waals surface area contributed by atoms with Crippen molar-refractivity contribution in [2.45, 2.75) is 90.5 Å². The number of allylic oxidation sites excluding steroid dienone is 4. The van der Waals surface area contributed by atoms with Crippen LogP contribution in [-0.4, -0.2) is 53.5 Å². The van der Waals surface area contributed by atoms with Gasteiger partial charge in [-0.3, -0.25) is 24.0 Å². The molecule has 0 spiro atoms. The van der Waals surface area contributed by atoms with E-state index >= 15 is 4.39 Å². The lowest BCUT2D eigenvalue weighted by Gasteiger charge is -2.63. The molecule has 0 N–H and O–H groups in total. The Labute approximate surface area is 216 Å². The van der Waals surface area contributed by atoms with Crippen molar-refractivity contribution in [2.24, 2.45) is 22.7 Å². The normalized spacial score (nSPS) is 40.0. The number of carbonyl (C=O) groups excluding carboxylic acids is 5. The highest BCUT2D eigenvalue weighted by Crippen LogP contribution is 2.70. The number of rotatable bonds is 6. The van der Waals surface area contributed by atoms with E-state index in [1.807, 2.05) is 0 Å². The standard InChI is InChI=1S/C28H35FO8/c1-6-24(34)37-27(22(33)15-35-16(2)30)12-10-20-21-8-7-18-13-19(32)9-11-25(18,4)28(21,29)23(36-17(3)31)14-26(20,27)5/h9,11,13,20-21,23H,6-8,10,12,14-15H2,1-5H3/t20-,21-,23-,25-,26-,27-,28-/m0/s1. The molecule has 8 nitrogen and oxygen atoms in total. The fraction of sp³-hybridized carbons (Fsp3) is 0.679. The number of esters is 3. The van der Waals surface area contributed by atoms with Crippen molar-refractivity contribution in [3.05, 3.63) is 23.8 Å². The average Bonchev–Trinajstić information content (AvgIpc) is 3.11. The fourth-order valence-electron chi connectivity index (χ4n) is 7.72. The number of carbonyl (C=O) groups is 5. The molecule has 0 amide bonds. The zero-order valence-corrected chi connectivity index (χ0v) is 22.1. The third-order valence-corrected chi connectivity index (χ3v) is 9.48. The van der Waals surface area contributed by atoms with Gasteiger partial charge in [0.1, 0.15) is 6.10 Å². The lowest BCUT2D eigenvalue weighted by atomic mass is 9.44. The molecular formula is C28H35FO8. The van der Waals surface area contributed by atoms with Gasteiger partial charge in [0.15, 0.2) is 23.7 Å². The van der Waals surface area contributed by atoms with Crippen LogP contribution in [-0.2, 0) is 38.2 Å². The summed E-state index contributed by atoms with van der Waals surface area (Å²) in [5.41, 5.74) is -5.31. The Morgan fingerprint density at radius 3 is 2.41 bits per heavy atom. The van der Waals surface area contributed by atoms with Gasteiger partial charge in [0, 0.05) is 37.0 Å². The van der Waals surface area contributed by atoms with E-state index in [1.165, 1.54) is 26.0 Å². The summed E-state index contributed by atoms with van der Waals surface area (Å²) in [5, 5.41) is 0. The first-order valence-corrected chi connectivity index (χ1v) is 12.9. The van der Waals surface area contributed by atoms with Crippen LogP contribution in [0.5, 0.6) is 0 Å². The zero-order chi connectivity index (χ0) is 27.4. The van der Waals surface area contributed by atoms with Crippen molar-refractivity contribution >= 4 is 29.5 Å². The quantitative estimate of drug-likeness (QED) is 0.386. The maximum Gasteiger partial charge on any atom is 0.306 e. The van der Waals surface area contributed by atoms with Crippen molar-refractivity contribution in [1.29, 1.82) is 0 Å². The molecule has 3 saturated carbocycles.